The van der Waals surface area contributed by atoms with E-state index in [0.717, 1.165) is 4.47 Å². The molecule has 1 atom stereocenters. The Balaban J connectivity index is 2.96. The Labute approximate surface area is 77.5 Å². The average Bonchev–Trinajstić information content (AvgIpc) is 2.30. The summed E-state index contributed by atoms with van der Waals surface area (Å²) in [7, 11) is 0. The number of carboxylic acids is 1. The van der Waals surface area contributed by atoms with Gasteiger partial charge in [-0.3, -0.25) is 4.79 Å². The second-order valence-electron chi connectivity index (χ2n) is 2.37. The van der Waals surface area contributed by atoms with Gasteiger partial charge in [0.1, 0.15) is 11.5 Å². The summed E-state index contributed by atoms with van der Waals surface area (Å²) in [5, 5.41) is 8.54. The topological polar surface area (TPSA) is 76.5 Å². The third kappa shape index (κ3) is 1.67. The molecule has 0 bridgehead atoms. The van der Waals surface area contributed by atoms with Gasteiger partial charge >= 0.3 is 5.97 Å². The first-order valence-electron chi connectivity index (χ1n) is 3.26. The highest BCUT2D eigenvalue weighted by atomic mass is 79.9. The van der Waals surface area contributed by atoms with Crippen molar-refractivity contribution in [1.82, 2.24) is 0 Å². The van der Waals surface area contributed by atoms with E-state index >= 15 is 0 Å². The normalized spacial score (nSPS) is 12.9. The maximum Gasteiger partial charge on any atom is 0.328 e. The molecule has 66 valence electrons. The van der Waals surface area contributed by atoms with Gasteiger partial charge in [0, 0.05) is 0 Å². The quantitative estimate of drug-likeness (QED) is 0.811. The van der Waals surface area contributed by atoms with Crippen molar-refractivity contribution >= 4 is 21.9 Å². The molecule has 1 aromatic rings. The lowest BCUT2D eigenvalue weighted by Crippen LogP contribution is -2.19. The van der Waals surface area contributed by atoms with E-state index in [-0.39, 0.29) is 5.76 Å². The summed E-state index contributed by atoms with van der Waals surface area (Å²) in [6.45, 7) is 1.72. The van der Waals surface area contributed by atoms with Crippen LogP contribution in [0.5, 0.6) is 0 Å². The van der Waals surface area contributed by atoms with Gasteiger partial charge in [0.05, 0.1) is 4.47 Å². The molecule has 0 aliphatic rings. The maximum absolute atomic E-state index is 10.4. The number of carboxylic acid groups (broad SMARTS) is 1. The molecular formula is C7H8BrNO3. The van der Waals surface area contributed by atoms with Crippen molar-refractivity contribution < 1.29 is 14.3 Å². The number of furan rings is 1. The molecular weight excluding hydrogens is 226 g/mol. The van der Waals surface area contributed by atoms with E-state index in [0.29, 0.717) is 5.76 Å². The summed E-state index contributed by atoms with van der Waals surface area (Å²) in [5.74, 6) is -0.218. The first-order valence-corrected chi connectivity index (χ1v) is 4.06. The highest BCUT2D eigenvalue weighted by Crippen LogP contribution is 2.23. The van der Waals surface area contributed by atoms with Crippen LogP contribution in [0.15, 0.2) is 15.0 Å². The Kier molecular flexibility index (Phi) is 2.54. The molecule has 0 saturated heterocycles. The fourth-order valence-electron chi connectivity index (χ4n) is 0.756. The summed E-state index contributed by atoms with van der Waals surface area (Å²) in [6, 6.07) is 0.476. The predicted octanol–water partition coefficient (Wildman–Crippen LogP) is 1.43. The summed E-state index contributed by atoms with van der Waals surface area (Å²) < 4.78 is 5.82. The third-order valence-corrected chi connectivity index (χ3v) is 2.24. The van der Waals surface area contributed by atoms with Crippen molar-refractivity contribution in [1.29, 1.82) is 0 Å². The molecule has 0 fully saturated rings. The predicted molar refractivity (Wildman–Crippen MR) is 45.7 cm³/mol. The molecule has 0 radical (unpaired) electrons. The molecule has 0 aromatic carbocycles. The van der Waals surface area contributed by atoms with Gasteiger partial charge in [0.2, 0.25) is 0 Å². The van der Waals surface area contributed by atoms with Gasteiger partial charge < -0.3 is 15.3 Å². The third-order valence-electron chi connectivity index (χ3n) is 1.45. The number of hydrogen-bond acceptors (Lipinski definition) is 3. The molecule has 0 amide bonds. The Hall–Kier alpha value is -0.810. The molecule has 3 N–H and O–H groups in total. The lowest BCUT2D eigenvalue weighted by molar-refractivity contribution is -0.139. The smallest absolute Gasteiger partial charge is 0.328 e. The minimum Gasteiger partial charge on any atom is -0.480 e. The maximum atomic E-state index is 10.4. The van der Waals surface area contributed by atoms with Crippen molar-refractivity contribution in [3.8, 4) is 0 Å². The zero-order chi connectivity index (χ0) is 9.30. The van der Waals surface area contributed by atoms with Crippen LogP contribution < -0.4 is 5.73 Å². The summed E-state index contributed by atoms with van der Waals surface area (Å²) in [5.41, 5.74) is 5.31. The highest BCUT2D eigenvalue weighted by molar-refractivity contribution is 9.10. The van der Waals surface area contributed by atoms with E-state index in [9.17, 15) is 4.79 Å². The summed E-state index contributed by atoms with van der Waals surface area (Å²) >= 11 is 3.19. The van der Waals surface area contributed by atoms with E-state index < -0.39 is 12.0 Å². The fourth-order valence-corrected chi connectivity index (χ4v) is 1.06. The van der Waals surface area contributed by atoms with E-state index in [1.807, 2.05) is 0 Å². The zero-order valence-corrected chi connectivity index (χ0v) is 7.96. The van der Waals surface area contributed by atoms with Crippen LogP contribution in [0.4, 0.5) is 0 Å². The highest BCUT2D eigenvalue weighted by Gasteiger charge is 2.19. The first-order chi connectivity index (χ1) is 5.52. The first kappa shape index (κ1) is 9.28. The van der Waals surface area contributed by atoms with E-state index in [1.54, 1.807) is 13.0 Å². The number of aryl methyl sites for hydroxylation is 1. The number of halogens is 1. The van der Waals surface area contributed by atoms with Crippen LogP contribution >= 0.6 is 15.9 Å². The number of hydrogen-bond donors (Lipinski definition) is 2. The van der Waals surface area contributed by atoms with Gasteiger partial charge in [-0.15, -0.1) is 0 Å². The van der Waals surface area contributed by atoms with E-state index in [2.05, 4.69) is 15.9 Å². The SMILES string of the molecule is Cc1oc([C@@H](N)C(=O)O)cc1Br. The minimum absolute atomic E-state index is 0.256. The Morgan fingerprint density at radius 3 is 2.75 bits per heavy atom. The number of nitrogens with two attached hydrogens (primary N) is 1. The van der Waals surface area contributed by atoms with Crippen molar-refractivity contribution in [2.45, 2.75) is 13.0 Å². The molecule has 12 heavy (non-hydrogen) atoms. The van der Waals surface area contributed by atoms with Gasteiger partial charge in [-0.05, 0) is 28.9 Å². The molecule has 1 heterocycles. The monoisotopic (exact) mass is 233 g/mol. The molecule has 1 rings (SSSR count). The van der Waals surface area contributed by atoms with Crippen LogP contribution in [0.1, 0.15) is 17.6 Å². The lowest BCUT2D eigenvalue weighted by atomic mass is 10.2. The van der Waals surface area contributed by atoms with Crippen molar-refractivity contribution in [3.05, 3.63) is 22.1 Å². The molecule has 0 aliphatic carbocycles. The number of carbonyl (C=O) groups is 1. The van der Waals surface area contributed by atoms with Crippen molar-refractivity contribution in [2.24, 2.45) is 5.73 Å². The summed E-state index contributed by atoms with van der Waals surface area (Å²) in [4.78, 5) is 10.4. The zero-order valence-electron chi connectivity index (χ0n) is 6.37. The number of rotatable bonds is 2. The van der Waals surface area contributed by atoms with E-state index in [1.165, 1.54) is 0 Å². The van der Waals surface area contributed by atoms with Crippen LogP contribution in [-0.2, 0) is 4.79 Å². The van der Waals surface area contributed by atoms with Crippen LogP contribution in [-0.4, -0.2) is 11.1 Å². The molecule has 5 heteroatoms. The van der Waals surface area contributed by atoms with Crippen LogP contribution in [0.25, 0.3) is 0 Å². The largest absolute Gasteiger partial charge is 0.480 e. The molecule has 1 aromatic heterocycles. The molecule has 0 saturated carbocycles. The van der Waals surface area contributed by atoms with Crippen molar-refractivity contribution in [2.75, 3.05) is 0 Å². The minimum atomic E-state index is -1.10. The second kappa shape index (κ2) is 3.28. The van der Waals surface area contributed by atoms with Gasteiger partial charge in [0.25, 0.3) is 0 Å². The molecule has 0 unspecified atom stereocenters. The van der Waals surface area contributed by atoms with Crippen LogP contribution in [0, 0.1) is 6.92 Å². The van der Waals surface area contributed by atoms with Crippen LogP contribution in [0.2, 0.25) is 0 Å². The lowest BCUT2D eigenvalue weighted by Gasteiger charge is -1.99. The van der Waals surface area contributed by atoms with Gasteiger partial charge in [-0.2, -0.15) is 0 Å². The molecule has 4 nitrogen and oxygen atoms in total. The standard InChI is InChI=1S/C7H8BrNO3/c1-3-4(8)2-5(12-3)6(9)7(10)11/h2,6H,9H2,1H3,(H,10,11)/t6-/m1/s1. The number of aliphatic carboxylic acids is 1. The molecule has 0 aliphatic heterocycles. The average molecular weight is 234 g/mol. The van der Waals surface area contributed by atoms with Gasteiger partial charge in [0.15, 0.2) is 6.04 Å². The van der Waals surface area contributed by atoms with E-state index in [4.69, 9.17) is 15.3 Å². The Bertz CT molecular complexity index is 288. The Morgan fingerprint density at radius 2 is 2.42 bits per heavy atom. The van der Waals surface area contributed by atoms with Crippen molar-refractivity contribution in [3.63, 3.8) is 0 Å². The van der Waals surface area contributed by atoms with Gasteiger partial charge in [-0.1, -0.05) is 0 Å². The van der Waals surface area contributed by atoms with Crippen LogP contribution in [0.3, 0.4) is 0 Å². The second-order valence-corrected chi connectivity index (χ2v) is 3.22. The summed E-state index contributed by atoms with van der Waals surface area (Å²) in [6.07, 6.45) is 0. The molecule has 0 spiro atoms. The Morgan fingerprint density at radius 1 is 1.83 bits per heavy atom. The van der Waals surface area contributed by atoms with Gasteiger partial charge in [-0.25, -0.2) is 0 Å². The fraction of sp³-hybridized carbons (Fsp3) is 0.286.